The van der Waals surface area contributed by atoms with Crippen molar-refractivity contribution in [2.75, 3.05) is 13.2 Å². The predicted octanol–water partition coefficient (Wildman–Crippen LogP) is 3.54. The fourth-order valence-corrected chi connectivity index (χ4v) is 4.13. The van der Waals surface area contributed by atoms with Crippen LogP contribution in [0.15, 0.2) is 77.1 Å². The van der Waals surface area contributed by atoms with Crippen molar-refractivity contribution in [2.45, 2.75) is 19.0 Å². The molecule has 125 valence electrons. The van der Waals surface area contributed by atoms with Crippen LogP contribution in [0.5, 0.6) is 0 Å². The van der Waals surface area contributed by atoms with Crippen molar-refractivity contribution in [3.63, 3.8) is 0 Å². The number of nitrogens with zero attached hydrogens (tertiary/aromatic N) is 2. The molecule has 0 unspecified atom stereocenters. The Morgan fingerprint density at radius 3 is 2.28 bits per heavy atom. The number of benzene rings is 2. The van der Waals surface area contributed by atoms with Gasteiger partial charge in [0.25, 0.3) is 0 Å². The second-order valence-corrected chi connectivity index (χ2v) is 7.22. The molecule has 1 fully saturated rings. The first-order valence-electron chi connectivity index (χ1n) is 8.39. The molecular weight excluding hydrogens is 373 g/mol. The Balaban J connectivity index is 1.57. The predicted molar refractivity (Wildman–Crippen MR) is 98.0 cm³/mol. The summed E-state index contributed by atoms with van der Waals surface area (Å²) in [6.07, 6.45) is 0. The third-order valence-electron chi connectivity index (χ3n) is 4.57. The van der Waals surface area contributed by atoms with E-state index in [1.54, 1.807) is 0 Å². The topological polar surface area (TPSA) is 34.1 Å². The zero-order valence-corrected chi connectivity index (χ0v) is 16.2. The number of hydrogen-bond acceptors (Lipinski definition) is 4. The van der Waals surface area contributed by atoms with E-state index in [9.17, 15) is 0 Å². The van der Waals surface area contributed by atoms with Gasteiger partial charge in [0.1, 0.15) is 0 Å². The van der Waals surface area contributed by atoms with Crippen molar-refractivity contribution in [3.8, 4) is 0 Å². The molecular formula is C20H19GeN2O2. The van der Waals surface area contributed by atoms with Crippen LogP contribution in [0.2, 0.25) is 0 Å². The van der Waals surface area contributed by atoms with Crippen LogP contribution in [0.3, 0.4) is 0 Å². The molecule has 5 heteroatoms. The molecule has 2 aliphatic rings. The van der Waals surface area contributed by atoms with Gasteiger partial charge in [0.05, 0.1) is 0 Å². The van der Waals surface area contributed by atoms with E-state index in [0.29, 0.717) is 19.1 Å². The summed E-state index contributed by atoms with van der Waals surface area (Å²) in [6.45, 7) is 3.24. The average molecular weight is 392 g/mol. The first-order valence-corrected chi connectivity index (χ1v) is 9.33. The summed E-state index contributed by atoms with van der Waals surface area (Å²) in [5, 5.41) is 0. The molecule has 2 aliphatic heterocycles. The molecule has 0 spiro atoms. The molecule has 25 heavy (non-hydrogen) atoms. The third-order valence-corrected chi connectivity index (χ3v) is 5.65. The quantitative estimate of drug-likeness (QED) is 0.750. The normalized spacial score (nSPS) is 24.6. The van der Waals surface area contributed by atoms with Crippen molar-refractivity contribution in [1.29, 1.82) is 0 Å². The Hall–Kier alpha value is -2.21. The average Bonchev–Trinajstić information content (AvgIpc) is 3.30. The van der Waals surface area contributed by atoms with Crippen LogP contribution < -0.4 is 0 Å². The molecule has 0 N–H and O–H groups in total. The molecule has 2 aromatic carbocycles. The van der Waals surface area contributed by atoms with E-state index in [2.05, 4.69) is 57.0 Å². The Bertz CT molecular complexity index is 805. The van der Waals surface area contributed by atoms with Crippen molar-refractivity contribution in [1.82, 2.24) is 3.86 Å². The van der Waals surface area contributed by atoms with Gasteiger partial charge in [-0.1, -0.05) is 0 Å². The van der Waals surface area contributed by atoms with Gasteiger partial charge in [-0.25, -0.2) is 0 Å². The van der Waals surface area contributed by atoms with Crippen LogP contribution >= 0.6 is 0 Å². The maximum absolute atomic E-state index is 5.99. The van der Waals surface area contributed by atoms with E-state index in [1.807, 2.05) is 31.2 Å². The summed E-state index contributed by atoms with van der Waals surface area (Å²) in [5.41, 5.74) is 3.39. The molecule has 4 rings (SSSR count). The van der Waals surface area contributed by atoms with Gasteiger partial charge in [-0.3, -0.25) is 0 Å². The summed E-state index contributed by atoms with van der Waals surface area (Å²) < 4.78 is 14.0. The Morgan fingerprint density at radius 2 is 1.60 bits per heavy atom. The van der Waals surface area contributed by atoms with Gasteiger partial charge in [-0.15, -0.1) is 0 Å². The first kappa shape index (κ1) is 16.3. The summed E-state index contributed by atoms with van der Waals surface area (Å²) in [6, 6.07) is 21.0. The summed E-state index contributed by atoms with van der Waals surface area (Å²) >= 11 is 2.06. The number of ether oxygens (including phenoxy) is 2. The standard InChI is InChI=1S/C20H19GeN2O2/c1-14(19-22-17(12-24-19)15-8-4-2-5-9-15)20-23(21)18(13-25-20)16-10-6-3-7-11-16/h2-11,17-18H,12-13H2,1H3/b20-14+/t17-,18-/m1/s1. The second-order valence-electron chi connectivity index (χ2n) is 6.21. The third kappa shape index (κ3) is 3.18. The van der Waals surface area contributed by atoms with E-state index in [-0.39, 0.29) is 12.1 Å². The molecule has 2 heterocycles. The van der Waals surface area contributed by atoms with Crippen molar-refractivity contribution in [2.24, 2.45) is 4.99 Å². The molecule has 2 aromatic rings. The summed E-state index contributed by atoms with van der Waals surface area (Å²) in [7, 11) is 0. The van der Waals surface area contributed by atoms with Crippen LogP contribution in [0.1, 0.15) is 30.1 Å². The fraction of sp³-hybridized carbons (Fsp3) is 0.250. The molecule has 0 aliphatic carbocycles. The van der Waals surface area contributed by atoms with Gasteiger partial charge in [-0.2, -0.15) is 0 Å². The molecule has 0 saturated carbocycles. The Labute approximate surface area is 156 Å². The van der Waals surface area contributed by atoms with Gasteiger partial charge in [0.2, 0.25) is 0 Å². The van der Waals surface area contributed by atoms with Crippen molar-refractivity contribution in [3.05, 3.63) is 83.2 Å². The van der Waals surface area contributed by atoms with Crippen LogP contribution in [0, 0.1) is 0 Å². The molecule has 0 aromatic heterocycles. The minimum absolute atomic E-state index is 0.0587. The molecule has 1 saturated heterocycles. The van der Waals surface area contributed by atoms with Gasteiger partial charge in [0, 0.05) is 0 Å². The first-order chi connectivity index (χ1) is 12.2. The van der Waals surface area contributed by atoms with Gasteiger partial charge in [-0.05, 0) is 0 Å². The number of hydrogen-bond donors (Lipinski definition) is 0. The van der Waals surface area contributed by atoms with Crippen LogP contribution in [-0.2, 0) is 9.47 Å². The molecule has 4 nitrogen and oxygen atoms in total. The Kier molecular flexibility index (Phi) is 4.53. The second kappa shape index (κ2) is 6.96. The van der Waals surface area contributed by atoms with Crippen molar-refractivity contribution >= 4 is 22.6 Å². The SMILES string of the molecule is C/C(C1=N[C@@H](c2ccccc2)CO1)=C1\OC[C@H](c2ccccc2)[N]1[Ge]. The van der Waals surface area contributed by atoms with E-state index in [1.165, 1.54) is 11.1 Å². The van der Waals surface area contributed by atoms with Crippen LogP contribution in [0.25, 0.3) is 0 Å². The maximum atomic E-state index is 5.99. The van der Waals surface area contributed by atoms with E-state index in [0.717, 1.165) is 11.5 Å². The van der Waals surface area contributed by atoms with Gasteiger partial charge >= 0.3 is 156 Å². The summed E-state index contributed by atoms with van der Waals surface area (Å²) in [4.78, 5) is 4.76. The van der Waals surface area contributed by atoms with E-state index >= 15 is 0 Å². The number of rotatable bonds is 3. The number of aliphatic imine (C=N–C) groups is 1. The molecule has 0 bridgehead atoms. The molecule has 3 radical (unpaired) electrons. The summed E-state index contributed by atoms with van der Waals surface area (Å²) in [5.74, 6) is 1.53. The zero-order chi connectivity index (χ0) is 17.2. The van der Waals surface area contributed by atoms with Crippen LogP contribution in [-0.4, -0.2) is 39.7 Å². The zero-order valence-electron chi connectivity index (χ0n) is 14.1. The van der Waals surface area contributed by atoms with Crippen molar-refractivity contribution < 1.29 is 9.47 Å². The monoisotopic (exact) mass is 393 g/mol. The van der Waals surface area contributed by atoms with E-state index < -0.39 is 0 Å². The van der Waals surface area contributed by atoms with Crippen LogP contribution in [0.4, 0.5) is 0 Å². The molecule has 0 amide bonds. The Morgan fingerprint density at radius 1 is 0.960 bits per heavy atom. The van der Waals surface area contributed by atoms with Gasteiger partial charge < -0.3 is 0 Å². The fourth-order valence-electron chi connectivity index (χ4n) is 3.17. The van der Waals surface area contributed by atoms with Gasteiger partial charge in [0.15, 0.2) is 0 Å². The van der Waals surface area contributed by atoms with E-state index in [4.69, 9.17) is 14.5 Å². The minimum atomic E-state index is 0.0587. The molecule has 2 atom stereocenters.